The van der Waals surface area contributed by atoms with Crippen LogP contribution in [0.3, 0.4) is 0 Å². The van der Waals surface area contributed by atoms with Crippen LogP contribution in [0.25, 0.3) is 0 Å². The largest absolute Gasteiger partial charge is 0.335 e. The predicted octanol–water partition coefficient (Wildman–Crippen LogP) is -0.325. The molecule has 0 spiro atoms. The normalized spacial score (nSPS) is 18.6. The van der Waals surface area contributed by atoms with Gasteiger partial charge in [-0.25, -0.2) is 10.2 Å². The second kappa shape index (κ2) is 1.81. The van der Waals surface area contributed by atoms with E-state index in [1.807, 2.05) is 6.92 Å². The molecule has 0 aliphatic carbocycles. The summed E-state index contributed by atoms with van der Waals surface area (Å²) in [6, 6.07) is -0.226. The van der Waals surface area contributed by atoms with Crippen molar-refractivity contribution in [2.24, 2.45) is 5.10 Å². The van der Waals surface area contributed by atoms with Crippen LogP contribution in [-0.4, -0.2) is 18.3 Å². The fourth-order valence-electron chi connectivity index (χ4n) is 0.433. The Bertz CT molecular complexity index is 140. The summed E-state index contributed by atoms with van der Waals surface area (Å²) in [6.07, 6.45) is 0. The van der Waals surface area contributed by atoms with E-state index < -0.39 is 0 Å². The topological polar surface area (TPSA) is 53.5 Å². The first-order chi connectivity index (χ1) is 3.79. The van der Waals surface area contributed by atoms with Crippen molar-refractivity contribution in [1.29, 1.82) is 0 Å². The molecule has 0 atom stereocenters. The Morgan fingerprint density at radius 1 is 1.75 bits per heavy atom. The number of rotatable bonds is 0. The average Bonchev–Trinajstić information content (AvgIpc) is 1.77. The van der Waals surface area contributed by atoms with Gasteiger partial charge in [-0.2, -0.15) is 5.10 Å². The molecule has 1 rings (SSSR count). The summed E-state index contributed by atoms with van der Waals surface area (Å²) in [5, 5.41) is 6.22. The Labute approximate surface area is 47.0 Å². The van der Waals surface area contributed by atoms with Crippen molar-refractivity contribution in [2.75, 3.05) is 6.54 Å². The van der Waals surface area contributed by atoms with E-state index in [0.717, 1.165) is 5.71 Å². The van der Waals surface area contributed by atoms with E-state index in [1.165, 1.54) is 0 Å². The third-order valence-electron chi connectivity index (χ3n) is 0.853. The standard InChI is InChI=1S/C4H7N3O/c1-3-2-5-4(8)7-6-3/h2H2,1H3,(H2,5,7,8). The van der Waals surface area contributed by atoms with E-state index in [4.69, 9.17) is 0 Å². The highest BCUT2D eigenvalue weighted by Crippen LogP contribution is 1.78. The molecular formula is C4H7N3O. The maximum Gasteiger partial charge on any atom is 0.335 e. The maximum absolute atomic E-state index is 10.3. The SMILES string of the molecule is CC1=NNC(=O)NC1. The molecule has 0 aromatic carbocycles. The van der Waals surface area contributed by atoms with E-state index in [1.54, 1.807) is 0 Å². The number of hydrogen-bond acceptors (Lipinski definition) is 2. The lowest BCUT2D eigenvalue weighted by atomic mass is 10.4. The van der Waals surface area contributed by atoms with Gasteiger partial charge in [0, 0.05) is 0 Å². The summed E-state index contributed by atoms with van der Waals surface area (Å²) >= 11 is 0. The van der Waals surface area contributed by atoms with Gasteiger partial charge >= 0.3 is 6.03 Å². The minimum atomic E-state index is -0.226. The van der Waals surface area contributed by atoms with Gasteiger partial charge in [0.2, 0.25) is 0 Å². The summed E-state index contributed by atoms with van der Waals surface area (Å²) < 4.78 is 0. The summed E-state index contributed by atoms with van der Waals surface area (Å²) in [6.45, 7) is 2.40. The quantitative estimate of drug-likeness (QED) is 0.444. The number of urea groups is 1. The van der Waals surface area contributed by atoms with Gasteiger partial charge in [0.05, 0.1) is 12.3 Å². The minimum absolute atomic E-state index is 0.226. The zero-order chi connectivity index (χ0) is 5.98. The second-order valence-corrected chi connectivity index (χ2v) is 1.64. The zero-order valence-corrected chi connectivity index (χ0v) is 4.56. The summed E-state index contributed by atoms with van der Waals surface area (Å²) in [5.74, 6) is 0. The third-order valence-corrected chi connectivity index (χ3v) is 0.853. The van der Waals surface area contributed by atoms with Gasteiger partial charge in [-0.3, -0.25) is 0 Å². The Balaban J connectivity index is 2.55. The summed E-state index contributed by atoms with van der Waals surface area (Å²) in [4.78, 5) is 10.3. The molecule has 0 aromatic heterocycles. The molecule has 2 N–H and O–H groups in total. The molecular weight excluding hydrogens is 106 g/mol. The van der Waals surface area contributed by atoms with E-state index in [-0.39, 0.29) is 6.03 Å². The number of amides is 2. The van der Waals surface area contributed by atoms with Crippen molar-refractivity contribution in [3.05, 3.63) is 0 Å². The van der Waals surface area contributed by atoms with Crippen LogP contribution in [-0.2, 0) is 0 Å². The lowest BCUT2D eigenvalue weighted by Crippen LogP contribution is -2.40. The lowest BCUT2D eigenvalue weighted by Gasteiger charge is -2.09. The van der Waals surface area contributed by atoms with Crippen LogP contribution in [0.4, 0.5) is 4.79 Å². The third kappa shape index (κ3) is 0.959. The van der Waals surface area contributed by atoms with Gasteiger partial charge < -0.3 is 5.32 Å². The molecule has 2 amide bonds. The molecule has 4 nitrogen and oxygen atoms in total. The number of nitrogens with zero attached hydrogens (tertiary/aromatic N) is 1. The van der Waals surface area contributed by atoms with Crippen molar-refractivity contribution in [1.82, 2.24) is 10.7 Å². The van der Waals surface area contributed by atoms with Crippen LogP contribution in [0, 0.1) is 0 Å². The summed E-state index contributed by atoms with van der Waals surface area (Å²) in [5.41, 5.74) is 3.16. The number of hydrazone groups is 1. The average molecular weight is 113 g/mol. The smallest absolute Gasteiger partial charge is 0.331 e. The Hall–Kier alpha value is -1.06. The number of carbonyl (C=O) groups is 1. The fraction of sp³-hybridized carbons (Fsp3) is 0.500. The first kappa shape index (κ1) is 5.08. The van der Waals surface area contributed by atoms with Crippen molar-refractivity contribution in [3.8, 4) is 0 Å². The van der Waals surface area contributed by atoms with Crippen molar-refractivity contribution < 1.29 is 4.79 Å². The zero-order valence-electron chi connectivity index (χ0n) is 4.56. The number of nitrogens with one attached hydrogen (secondary N) is 2. The number of hydrogen-bond donors (Lipinski definition) is 2. The molecule has 0 saturated heterocycles. The molecule has 0 aromatic rings. The van der Waals surface area contributed by atoms with E-state index in [2.05, 4.69) is 15.8 Å². The molecule has 1 heterocycles. The first-order valence-electron chi connectivity index (χ1n) is 2.36. The van der Waals surface area contributed by atoms with Gasteiger partial charge in [0.15, 0.2) is 0 Å². The van der Waals surface area contributed by atoms with Gasteiger partial charge in [0.1, 0.15) is 0 Å². The molecule has 0 unspecified atom stereocenters. The predicted molar refractivity (Wildman–Crippen MR) is 29.6 cm³/mol. The molecule has 1 aliphatic heterocycles. The van der Waals surface area contributed by atoms with E-state index in [0.29, 0.717) is 6.54 Å². The Morgan fingerprint density at radius 3 is 2.88 bits per heavy atom. The highest BCUT2D eigenvalue weighted by atomic mass is 16.2. The summed E-state index contributed by atoms with van der Waals surface area (Å²) in [7, 11) is 0. The van der Waals surface area contributed by atoms with Crippen molar-refractivity contribution in [2.45, 2.75) is 6.92 Å². The lowest BCUT2D eigenvalue weighted by molar-refractivity contribution is 0.241. The maximum atomic E-state index is 10.3. The fourth-order valence-corrected chi connectivity index (χ4v) is 0.433. The highest BCUT2D eigenvalue weighted by molar-refractivity contribution is 5.91. The molecule has 0 saturated carbocycles. The molecule has 4 heteroatoms. The van der Waals surface area contributed by atoms with Crippen LogP contribution >= 0.6 is 0 Å². The van der Waals surface area contributed by atoms with Crippen molar-refractivity contribution in [3.63, 3.8) is 0 Å². The molecule has 0 radical (unpaired) electrons. The van der Waals surface area contributed by atoms with Gasteiger partial charge in [-0.05, 0) is 6.92 Å². The van der Waals surface area contributed by atoms with Crippen molar-refractivity contribution >= 4 is 11.7 Å². The monoisotopic (exact) mass is 113 g/mol. The van der Waals surface area contributed by atoms with Gasteiger partial charge in [-0.1, -0.05) is 0 Å². The Kier molecular flexibility index (Phi) is 1.15. The van der Waals surface area contributed by atoms with E-state index in [9.17, 15) is 4.79 Å². The van der Waals surface area contributed by atoms with Gasteiger partial charge in [-0.15, -0.1) is 0 Å². The molecule has 0 bridgehead atoms. The Morgan fingerprint density at radius 2 is 2.50 bits per heavy atom. The first-order valence-corrected chi connectivity index (χ1v) is 2.36. The molecule has 0 fully saturated rings. The van der Waals surface area contributed by atoms with Crippen LogP contribution in [0.5, 0.6) is 0 Å². The van der Waals surface area contributed by atoms with Crippen LogP contribution in [0.1, 0.15) is 6.92 Å². The second-order valence-electron chi connectivity index (χ2n) is 1.64. The number of carbonyl (C=O) groups excluding carboxylic acids is 1. The highest BCUT2D eigenvalue weighted by Gasteiger charge is 2.03. The van der Waals surface area contributed by atoms with Crippen LogP contribution < -0.4 is 10.7 Å². The van der Waals surface area contributed by atoms with Crippen LogP contribution in [0.15, 0.2) is 5.10 Å². The van der Waals surface area contributed by atoms with Gasteiger partial charge in [0.25, 0.3) is 0 Å². The minimum Gasteiger partial charge on any atom is -0.331 e. The molecule has 1 aliphatic rings. The van der Waals surface area contributed by atoms with E-state index >= 15 is 0 Å². The molecule has 44 valence electrons. The molecule has 8 heavy (non-hydrogen) atoms. The van der Waals surface area contributed by atoms with Crippen LogP contribution in [0.2, 0.25) is 0 Å².